The predicted molar refractivity (Wildman–Crippen MR) is 135 cm³/mol. The van der Waals surface area contributed by atoms with Crippen LogP contribution in [0.3, 0.4) is 0 Å². The quantitative estimate of drug-likeness (QED) is 0.344. The van der Waals surface area contributed by atoms with Gasteiger partial charge in [-0.25, -0.2) is 9.78 Å². The summed E-state index contributed by atoms with van der Waals surface area (Å²) in [5, 5.41) is 8.43. The van der Waals surface area contributed by atoms with Crippen molar-refractivity contribution in [3.05, 3.63) is 75.5 Å². The summed E-state index contributed by atoms with van der Waals surface area (Å²) < 4.78 is 7.86. The number of aryl methyl sites for hydroxylation is 1. The highest BCUT2D eigenvalue weighted by atomic mass is 35.5. The molecule has 3 heterocycles. The van der Waals surface area contributed by atoms with E-state index in [1.807, 2.05) is 47.3 Å². The molecule has 8 nitrogen and oxygen atoms in total. The van der Waals surface area contributed by atoms with E-state index < -0.39 is 6.03 Å². The van der Waals surface area contributed by atoms with Gasteiger partial charge in [-0.05, 0) is 48.7 Å². The van der Waals surface area contributed by atoms with E-state index in [4.69, 9.17) is 27.9 Å². The molecule has 3 aromatic heterocycles. The molecule has 0 atom stereocenters. The van der Waals surface area contributed by atoms with Crippen LogP contribution in [0.25, 0.3) is 5.65 Å². The molecule has 0 bridgehead atoms. The van der Waals surface area contributed by atoms with Crippen LogP contribution in [0.1, 0.15) is 11.3 Å². The summed E-state index contributed by atoms with van der Waals surface area (Å²) in [5.74, 6) is 0.230. The highest BCUT2D eigenvalue weighted by Crippen LogP contribution is 2.35. The number of carbonyl (C=O) groups is 2. The number of halogens is 2. The lowest BCUT2D eigenvalue weighted by Gasteiger charge is -2.21. The third-order valence-electron chi connectivity index (χ3n) is 5.00. The van der Waals surface area contributed by atoms with E-state index in [0.29, 0.717) is 32.7 Å². The number of urea groups is 1. The van der Waals surface area contributed by atoms with E-state index in [9.17, 15) is 9.59 Å². The van der Waals surface area contributed by atoms with E-state index in [1.54, 1.807) is 25.2 Å². The normalized spacial score (nSPS) is 10.8. The summed E-state index contributed by atoms with van der Waals surface area (Å²) in [6.45, 7) is 1.78. The van der Waals surface area contributed by atoms with Crippen LogP contribution in [0, 0.1) is 6.92 Å². The Hall–Kier alpha value is -3.27. The SMILES string of the molecule is Cc1cn2cccc(OCc3c(Cl)ccc(N(C)C(=O)CNC(=O)Nc4cccs4)c3Cl)c2n1. The van der Waals surface area contributed by atoms with E-state index >= 15 is 0 Å². The Labute approximate surface area is 210 Å². The van der Waals surface area contributed by atoms with Crippen LogP contribution in [-0.4, -0.2) is 34.9 Å². The number of benzene rings is 1. The Kier molecular flexibility index (Phi) is 7.26. The number of thiophene rings is 1. The molecule has 0 saturated heterocycles. The standard InChI is InChI=1S/C23H21Cl2N5O3S/c1-14-12-30-9-3-5-18(22(30)27-14)33-13-15-16(24)7-8-17(21(15)25)29(2)20(31)11-26-23(32)28-19-6-4-10-34-19/h3-10,12H,11,13H2,1-2H3,(H2,26,28,32). The third-order valence-corrected chi connectivity index (χ3v) is 6.56. The van der Waals surface area contributed by atoms with Crippen molar-refractivity contribution in [3.63, 3.8) is 0 Å². The summed E-state index contributed by atoms with van der Waals surface area (Å²) in [4.78, 5) is 30.5. The minimum Gasteiger partial charge on any atom is -0.485 e. The van der Waals surface area contributed by atoms with Crippen LogP contribution in [-0.2, 0) is 11.4 Å². The fourth-order valence-corrected chi connectivity index (χ4v) is 4.48. The highest BCUT2D eigenvalue weighted by molar-refractivity contribution is 7.14. The van der Waals surface area contributed by atoms with Gasteiger partial charge in [-0.1, -0.05) is 23.2 Å². The zero-order valence-corrected chi connectivity index (χ0v) is 20.7. The van der Waals surface area contributed by atoms with Crippen molar-refractivity contribution in [2.75, 3.05) is 23.8 Å². The monoisotopic (exact) mass is 517 g/mol. The van der Waals surface area contributed by atoms with Crippen LogP contribution in [0.15, 0.2) is 54.2 Å². The summed E-state index contributed by atoms with van der Waals surface area (Å²) in [7, 11) is 1.58. The van der Waals surface area contributed by atoms with Gasteiger partial charge < -0.3 is 19.4 Å². The maximum Gasteiger partial charge on any atom is 0.320 e. The number of anilines is 2. The number of imidazole rings is 1. The smallest absolute Gasteiger partial charge is 0.320 e. The first-order valence-corrected chi connectivity index (χ1v) is 11.9. The number of aromatic nitrogens is 2. The molecule has 1 aromatic carbocycles. The maximum absolute atomic E-state index is 12.7. The van der Waals surface area contributed by atoms with Gasteiger partial charge in [0.25, 0.3) is 0 Å². The Morgan fingerprint density at radius 2 is 2.03 bits per heavy atom. The summed E-state index contributed by atoms with van der Waals surface area (Å²) in [5.41, 5.74) is 2.54. The Balaban J connectivity index is 1.44. The maximum atomic E-state index is 12.7. The van der Waals surface area contributed by atoms with Crippen LogP contribution in [0.2, 0.25) is 10.0 Å². The molecule has 2 N–H and O–H groups in total. The molecule has 0 aliphatic heterocycles. The van der Waals surface area contributed by atoms with Crippen molar-refractivity contribution < 1.29 is 14.3 Å². The van der Waals surface area contributed by atoms with Gasteiger partial charge in [0.2, 0.25) is 5.91 Å². The molecule has 0 saturated carbocycles. The van der Waals surface area contributed by atoms with Gasteiger partial charge in [-0.3, -0.25) is 10.1 Å². The van der Waals surface area contributed by atoms with Crippen molar-refractivity contribution in [2.45, 2.75) is 13.5 Å². The molecule has 176 valence electrons. The molecule has 0 fully saturated rings. The number of rotatable bonds is 7. The molecular weight excluding hydrogens is 497 g/mol. The molecule has 0 aliphatic carbocycles. The van der Waals surface area contributed by atoms with E-state index in [2.05, 4.69) is 15.6 Å². The number of hydrogen-bond donors (Lipinski definition) is 2. The van der Waals surface area contributed by atoms with Gasteiger partial charge >= 0.3 is 6.03 Å². The van der Waals surface area contributed by atoms with Crippen molar-refractivity contribution in [1.29, 1.82) is 0 Å². The minimum absolute atomic E-state index is 0.0839. The Bertz CT molecular complexity index is 1340. The van der Waals surface area contributed by atoms with Crippen molar-refractivity contribution >= 4 is 62.8 Å². The van der Waals surface area contributed by atoms with Crippen molar-refractivity contribution in [2.24, 2.45) is 0 Å². The lowest BCUT2D eigenvalue weighted by atomic mass is 10.2. The van der Waals surface area contributed by atoms with Crippen LogP contribution in [0.5, 0.6) is 5.75 Å². The molecule has 0 aliphatic rings. The summed E-state index contributed by atoms with van der Waals surface area (Å²) >= 11 is 14.4. The first-order valence-electron chi connectivity index (χ1n) is 10.2. The molecule has 0 spiro atoms. The number of ether oxygens (including phenoxy) is 1. The second kappa shape index (κ2) is 10.3. The number of likely N-dealkylation sites (N-methyl/N-ethyl adjacent to an activating group) is 1. The zero-order valence-electron chi connectivity index (χ0n) is 18.3. The number of nitrogens with one attached hydrogen (secondary N) is 2. The van der Waals surface area contributed by atoms with Crippen molar-refractivity contribution in [1.82, 2.24) is 14.7 Å². The molecular formula is C23H21Cl2N5O3S. The topological polar surface area (TPSA) is 88.0 Å². The fraction of sp³-hybridized carbons (Fsp3) is 0.174. The Morgan fingerprint density at radius 3 is 2.79 bits per heavy atom. The van der Waals surface area contributed by atoms with E-state index in [0.717, 1.165) is 5.69 Å². The van der Waals surface area contributed by atoms with Gasteiger partial charge in [0, 0.05) is 30.0 Å². The van der Waals surface area contributed by atoms with Crippen LogP contribution >= 0.6 is 34.5 Å². The van der Waals surface area contributed by atoms with Gasteiger partial charge in [0.1, 0.15) is 6.61 Å². The number of fused-ring (bicyclic) bond motifs is 1. The lowest BCUT2D eigenvalue weighted by molar-refractivity contribution is -0.117. The number of carbonyl (C=O) groups excluding carboxylic acids is 2. The number of nitrogens with zero attached hydrogens (tertiary/aromatic N) is 3. The lowest BCUT2D eigenvalue weighted by Crippen LogP contribution is -2.40. The molecule has 0 radical (unpaired) electrons. The second-order valence-corrected chi connectivity index (χ2v) is 9.10. The van der Waals surface area contributed by atoms with Crippen LogP contribution < -0.4 is 20.3 Å². The first-order chi connectivity index (χ1) is 16.3. The van der Waals surface area contributed by atoms with Gasteiger partial charge in [-0.15, -0.1) is 11.3 Å². The third kappa shape index (κ3) is 5.27. The average molecular weight is 518 g/mol. The minimum atomic E-state index is -0.469. The van der Waals surface area contributed by atoms with E-state index in [1.165, 1.54) is 16.2 Å². The van der Waals surface area contributed by atoms with Gasteiger partial charge in [0.05, 0.1) is 27.9 Å². The summed E-state index contributed by atoms with van der Waals surface area (Å²) in [6.07, 6.45) is 3.79. The molecule has 4 rings (SSSR count). The molecule has 34 heavy (non-hydrogen) atoms. The molecule has 0 unspecified atom stereocenters. The van der Waals surface area contributed by atoms with Crippen molar-refractivity contribution in [3.8, 4) is 5.75 Å². The number of pyridine rings is 1. The van der Waals surface area contributed by atoms with E-state index in [-0.39, 0.29) is 24.1 Å². The zero-order chi connectivity index (χ0) is 24.2. The van der Waals surface area contributed by atoms with Gasteiger partial charge in [0.15, 0.2) is 11.4 Å². The Morgan fingerprint density at radius 1 is 1.21 bits per heavy atom. The second-order valence-electron chi connectivity index (χ2n) is 7.37. The largest absolute Gasteiger partial charge is 0.485 e. The fourth-order valence-electron chi connectivity index (χ4n) is 3.26. The highest BCUT2D eigenvalue weighted by Gasteiger charge is 2.19. The molecule has 3 amide bonds. The van der Waals surface area contributed by atoms with Crippen LogP contribution in [0.4, 0.5) is 15.5 Å². The summed E-state index contributed by atoms with van der Waals surface area (Å²) in [6, 6.07) is 10.1. The first kappa shape index (κ1) is 23.9. The average Bonchev–Trinajstić information content (AvgIpc) is 3.45. The molecule has 4 aromatic rings. The predicted octanol–water partition coefficient (Wildman–Crippen LogP) is 5.37. The van der Waals surface area contributed by atoms with Gasteiger partial charge in [-0.2, -0.15) is 0 Å². The number of amides is 3. The number of hydrogen-bond acceptors (Lipinski definition) is 5. The molecule has 11 heteroatoms.